The van der Waals surface area contributed by atoms with E-state index in [1.165, 1.54) is 0 Å². The van der Waals surface area contributed by atoms with Crippen molar-refractivity contribution in [3.8, 4) is 6.07 Å². The van der Waals surface area contributed by atoms with Crippen molar-refractivity contribution in [3.05, 3.63) is 11.8 Å². The summed E-state index contributed by atoms with van der Waals surface area (Å²) >= 11 is 0. The first-order valence-electron chi connectivity index (χ1n) is 7.77. The molecule has 1 N–H and O–H groups in total. The molecule has 0 aromatic heterocycles. The molecule has 0 atom stereocenters. The largest absolute Gasteiger partial charge is 0.444 e. The number of rotatable bonds is 3. The van der Waals surface area contributed by atoms with Gasteiger partial charge in [0.2, 0.25) is 0 Å². The molecule has 2 amide bonds. The van der Waals surface area contributed by atoms with Crippen LogP contribution in [0, 0.1) is 11.3 Å². The summed E-state index contributed by atoms with van der Waals surface area (Å²) in [4.78, 5) is 27.4. The van der Waals surface area contributed by atoms with Crippen molar-refractivity contribution in [1.82, 2.24) is 15.1 Å². The van der Waals surface area contributed by atoms with Gasteiger partial charge < -0.3 is 19.9 Å². The summed E-state index contributed by atoms with van der Waals surface area (Å²) in [5.41, 5.74) is -0.443. The molecular weight excluding hydrogens is 296 g/mol. The highest BCUT2D eigenvalue weighted by molar-refractivity contribution is 5.97. The summed E-state index contributed by atoms with van der Waals surface area (Å²) in [6.45, 7) is 11.3. The van der Waals surface area contributed by atoms with Crippen LogP contribution in [0.15, 0.2) is 11.8 Å². The summed E-state index contributed by atoms with van der Waals surface area (Å²) in [5, 5.41) is 11.8. The predicted octanol–water partition coefficient (Wildman–Crippen LogP) is 1.47. The van der Waals surface area contributed by atoms with Crippen LogP contribution in [0.4, 0.5) is 4.79 Å². The van der Waals surface area contributed by atoms with Crippen LogP contribution in [0.2, 0.25) is 0 Å². The number of nitrogens with one attached hydrogen (secondary N) is 1. The fraction of sp³-hybridized carbons (Fsp3) is 0.688. The van der Waals surface area contributed by atoms with Crippen molar-refractivity contribution in [2.45, 2.75) is 46.3 Å². The third-order valence-corrected chi connectivity index (χ3v) is 3.06. The van der Waals surface area contributed by atoms with E-state index in [0.29, 0.717) is 26.2 Å². The first-order valence-corrected chi connectivity index (χ1v) is 7.77. The van der Waals surface area contributed by atoms with Crippen LogP contribution in [0.3, 0.4) is 0 Å². The minimum Gasteiger partial charge on any atom is -0.444 e. The molecular formula is C16H26N4O3. The number of ether oxygens (including phenoxy) is 1. The van der Waals surface area contributed by atoms with Gasteiger partial charge in [0.25, 0.3) is 5.91 Å². The first-order chi connectivity index (χ1) is 10.6. The van der Waals surface area contributed by atoms with Crippen molar-refractivity contribution < 1.29 is 14.3 Å². The lowest BCUT2D eigenvalue weighted by atomic mass is 10.2. The molecule has 0 bridgehead atoms. The molecule has 1 fully saturated rings. The van der Waals surface area contributed by atoms with Crippen LogP contribution in [0.25, 0.3) is 0 Å². The molecule has 1 rings (SSSR count). The van der Waals surface area contributed by atoms with E-state index in [1.807, 2.05) is 45.6 Å². The second-order valence-electron chi connectivity index (χ2n) is 6.79. The highest BCUT2D eigenvalue weighted by Crippen LogP contribution is 2.12. The summed E-state index contributed by atoms with van der Waals surface area (Å²) < 4.78 is 5.33. The summed E-state index contributed by atoms with van der Waals surface area (Å²) in [6.07, 6.45) is 1.23. The second-order valence-corrected chi connectivity index (χ2v) is 6.79. The van der Waals surface area contributed by atoms with Gasteiger partial charge in [-0.1, -0.05) is 0 Å². The number of hydrogen-bond donors (Lipinski definition) is 1. The molecule has 0 spiro atoms. The maximum absolute atomic E-state index is 12.0. The summed E-state index contributed by atoms with van der Waals surface area (Å²) in [6, 6.07) is 1.90. The molecule has 0 aromatic carbocycles. The molecule has 1 aliphatic heterocycles. The average molecular weight is 322 g/mol. The van der Waals surface area contributed by atoms with Crippen molar-refractivity contribution in [1.29, 1.82) is 5.26 Å². The van der Waals surface area contributed by atoms with Crippen LogP contribution in [-0.4, -0.2) is 59.6 Å². The maximum atomic E-state index is 12.0. The van der Waals surface area contributed by atoms with Gasteiger partial charge >= 0.3 is 6.09 Å². The Morgan fingerprint density at radius 2 is 1.78 bits per heavy atom. The van der Waals surface area contributed by atoms with Gasteiger partial charge in [0.1, 0.15) is 17.2 Å². The number of piperazine rings is 1. The number of hydrogen-bond acceptors (Lipinski definition) is 5. The van der Waals surface area contributed by atoms with Crippen LogP contribution >= 0.6 is 0 Å². The molecule has 0 aromatic rings. The van der Waals surface area contributed by atoms with Gasteiger partial charge in [0, 0.05) is 38.4 Å². The monoisotopic (exact) mass is 322 g/mol. The molecule has 0 unspecified atom stereocenters. The topological polar surface area (TPSA) is 85.7 Å². The molecule has 0 radical (unpaired) electrons. The van der Waals surface area contributed by atoms with Crippen LogP contribution in [-0.2, 0) is 9.53 Å². The van der Waals surface area contributed by atoms with E-state index >= 15 is 0 Å². The van der Waals surface area contributed by atoms with Crippen LogP contribution < -0.4 is 5.32 Å². The normalized spacial score (nSPS) is 16.1. The molecule has 7 heteroatoms. The molecule has 1 aliphatic rings. The molecule has 0 saturated carbocycles. The van der Waals surface area contributed by atoms with Gasteiger partial charge in [-0.3, -0.25) is 4.79 Å². The molecule has 128 valence electrons. The van der Waals surface area contributed by atoms with Crippen molar-refractivity contribution in [3.63, 3.8) is 0 Å². The minimum absolute atomic E-state index is 0.0248. The Bertz CT molecular complexity index is 506. The number of carbonyl (C=O) groups is 2. The third kappa shape index (κ3) is 6.59. The molecule has 1 heterocycles. The maximum Gasteiger partial charge on any atom is 0.410 e. The lowest BCUT2D eigenvalue weighted by Crippen LogP contribution is -2.48. The lowest BCUT2D eigenvalue weighted by molar-refractivity contribution is -0.117. The Morgan fingerprint density at radius 3 is 2.22 bits per heavy atom. The third-order valence-electron chi connectivity index (χ3n) is 3.06. The van der Waals surface area contributed by atoms with Gasteiger partial charge in [0.15, 0.2) is 0 Å². The number of nitriles is 1. The van der Waals surface area contributed by atoms with E-state index in [0.717, 1.165) is 0 Å². The predicted molar refractivity (Wildman–Crippen MR) is 86.4 cm³/mol. The molecule has 0 aliphatic carbocycles. The Labute approximate surface area is 137 Å². The fourth-order valence-electron chi connectivity index (χ4n) is 2.02. The van der Waals surface area contributed by atoms with E-state index in [4.69, 9.17) is 10.00 Å². The van der Waals surface area contributed by atoms with Gasteiger partial charge in [-0.2, -0.15) is 5.26 Å². The quantitative estimate of drug-likeness (QED) is 0.628. The van der Waals surface area contributed by atoms with E-state index in [1.54, 1.807) is 11.1 Å². The second kappa shape index (κ2) is 7.86. The van der Waals surface area contributed by atoms with Gasteiger partial charge in [0.05, 0.1) is 0 Å². The fourth-order valence-corrected chi connectivity index (χ4v) is 2.02. The smallest absolute Gasteiger partial charge is 0.410 e. The molecule has 1 saturated heterocycles. The van der Waals surface area contributed by atoms with Crippen molar-refractivity contribution >= 4 is 12.0 Å². The van der Waals surface area contributed by atoms with E-state index in [2.05, 4.69) is 5.32 Å². The number of carbonyl (C=O) groups excluding carboxylic acids is 2. The van der Waals surface area contributed by atoms with E-state index in [9.17, 15) is 9.59 Å². The van der Waals surface area contributed by atoms with Gasteiger partial charge in [-0.15, -0.1) is 0 Å². The minimum atomic E-state index is -0.517. The summed E-state index contributed by atoms with van der Waals surface area (Å²) in [7, 11) is 0. The van der Waals surface area contributed by atoms with Crippen LogP contribution in [0.5, 0.6) is 0 Å². The summed E-state index contributed by atoms with van der Waals surface area (Å²) in [5.74, 6) is -0.378. The zero-order chi connectivity index (χ0) is 17.6. The average Bonchev–Trinajstić information content (AvgIpc) is 2.42. The Balaban J connectivity index is 2.58. The number of amides is 2. The van der Waals surface area contributed by atoms with Crippen molar-refractivity contribution in [2.75, 3.05) is 26.2 Å². The Kier molecular flexibility index (Phi) is 6.43. The zero-order valence-corrected chi connectivity index (χ0v) is 14.5. The molecule has 7 nitrogen and oxygen atoms in total. The zero-order valence-electron chi connectivity index (χ0n) is 14.5. The molecule has 23 heavy (non-hydrogen) atoms. The number of nitrogens with zero attached hydrogens (tertiary/aromatic N) is 3. The Hall–Kier alpha value is -2.23. The Morgan fingerprint density at radius 1 is 1.22 bits per heavy atom. The first kappa shape index (κ1) is 18.8. The van der Waals surface area contributed by atoms with Gasteiger partial charge in [-0.05, 0) is 34.6 Å². The van der Waals surface area contributed by atoms with Crippen molar-refractivity contribution in [2.24, 2.45) is 0 Å². The van der Waals surface area contributed by atoms with Crippen LogP contribution in [0.1, 0.15) is 34.6 Å². The van der Waals surface area contributed by atoms with E-state index < -0.39 is 5.60 Å². The SMILES string of the molecule is CC(C)NC(=O)/C(C#N)=C\N1CCN(C(=O)OC(C)(C)C)CC1. The van der Waals surface area contributed by atoms with Gasteiger partial charge in [-0.25, -0.2) is 4.79 Å². The highest BCUT2D eigenvalue weighted by atomic mass is 16.6. The standard InChI is InChI=1S/C16H26N4O3/c1-12(2)18-14(21)13(10-17)11-19-6-8-20(9-7-19)15(22)23-16(3,4)5/h11-12H,6-9H2,1-5H3,(H,18,21)/b13-11-. The lowest BCUT2D eigenvalue weighted by Gasteiger charge is -2.35. The van der Waals surface area contributed by atoms with E-state index in [-0.39, 0.29) is 23.6 Å². The highest BCUT2D eigenvalue weighted by Gasteiger charge is 2.25.